The van der Waals surface area contributed by atoms with E-state index >= 15 is 0 Å². The summed E-state index contributed by atoms with van der Waals surface area (Å²) in [5.74, 6) is 1.61. The molecule has 3 aromatic rings. The third-order valence-corrected chi connectivity index (χ3v) is 7.47. The van der Waals surface area contributed by atoms with Gasteiger partial charge in [0.1, 0.15) is 0 Å². The van der Waals surface area contributed by atoms with Gasteiger partial charge in [-0.25, -0.2) is 0 Å². The fraction of sp³-hybridized carbons (Fsp3) is 0.393. The maximum atomic E-state index is 13.8. The summed E-state index contributed by atoms with van der Waals surface area (Å²) in [4.78, 5) is 38.0. The molecular formula is C28H30N4O4. The van der Waals surface area contributed by atoms with E-state index in [1.807, 2.05) is 52.3 Å². The Balaban J connectivity index is 1.24. The highest BCUT2D eigenvalue weighted by Crippen LogP contribution is 2.33. The van der Waals surface area contributed by atoms with Crippen molar-refractivity contribution in [2.45, 2.75) is 25.8 Å². The van der Waals surface area contributed by atoms with Gasteiger partial charge in [-0.15, -0.1) is 0 Å². The lowest BCUT2D eigenvalue weighted by atomic mass is 9.94. The molecule has 0 N–H and O–H groups in total. The second kappa shape index (κ2) is 9.43. The monoisotopic (exact) mass is 486 g/mol. The minimum Gasteiger partial charge on any atom is -0.454 e. The number of hydrogen-bond donors (Lipinski definition) is 0. The van der Waals surface area contributed by atoms with Crippen LogP contribution in [-0.4, -0.2) is 78.1 Å². The van der Waals surface area contributed by atoms with Crippen LogP contribution in [0.25, 0.3) is 10.9 Å². The Morgan fingerprint density at radius 3 is 2.61 bits per heavy atom. The Hall–Kier alpha value is -3.65. The number of aryl methyl sites for hydroxylation is 1. The molecule has 2 aromatic carbocycles. The van der Waals surface area contributed by atoms with Crippen molar-refractivity contribution in [2.24, 2.45) is 0 Å². The molecule has 1 fully saturated rings. The van der Waals surface area contributed by atoms with Gasteiger partial charge < -0.3 is 24.2 Å². The molecule has 6 rings (SSSR count). The molecule has 8 heteroatoms. The number of benzene rings is 2. The minimum absolute atomic E-state index is 0.0487. The fourth-order valence-corrected chi connectivity index (χ4v) is 5.32. The zero-order chi connectivity index (χ0) is 24.6. The summed E-state index contributed by atoms with van der Waals surface area (Å²) >= 11 is 0. The van der Waals surface area contributed by atoms with E-state index in [4.69, 9.17) is 14.5 Å². The van der Waals surface area contributed by atoms with Crippen molar-refractivity contribution in [2.75, 3.05) is 46.6 Å². The molecule has 1 aromatic heterocycles. The van der Waals surface area contributed by atoms with Crippen LogP contribution in [0.15, 0.2) is 42.5 Å². The molecule has 4 heterocycles. The van der Waals surface area contributed by atoms with E-state index in [0.29, 0.717) is 51.0 Å². The van der Waals surface area contributed by atoms with Crippen molar-refractivity contribution in [1.29, 1.82) is 0 Å². The number of rotatable bonds is 4. The number of ether oxygens (including phenoxy) is 2. The number of carbonyl (C=O) groups excluding carboxylic acids is 2. The van der Waals surface area contributed by atoms with Crippen LogP contribution in [0, 0.1) is 0 Å². The van der Waals surface area contributed by atoms with Crippen LogP contribution in [0.1, 0.15) is 33.6 Å². The number of piperazine rings is 1. The molecule has 186 valence electrons. The molecule has 0 atom stereocenters. The number of carbonyl (C=O) groups is 2. The normalized spacial score (nSPS) is 17.4. The third kappa shape index (κ3) is 4.26. The maximum Gasteiger partial charge on any atom is 0.255 e. The average molecular weight is 487 g/mol. The van der Waals surface area contributed by atoms with Crippen LogP contribution in [0.2, 0.25) is 0 Å². The van der Waals surface area contributed by atoms with E-state index in [1.54, 1.807) is 0 Å². The molecule has 0 spiro atoms. The third-order valence-electron chi connectivity index (χ3n) is 7.47. The highest BCUT2D eigenvalue weighted by molar-refractivity contribution is 6.08. The molecule has 3 aliphatic heterocycles. The SMILES string of the molecule is CN1CCN(C(=O)c2c3c(nc4ccccc24)CCN(C(=O)CCc2ccc4c(c2)OCO4)C3)CC1. The van der Waals surface area contributed by atoms with Crippen molar-refractivity contribution >= 4 is 22.7 Å². The van der Waals surface area contributed by atoms with Gasteiger partial charge in [0.25, 0.3) is 5.91 Å². The van der Waals surface area contributed by atoms with E-state index in [0.717, 1.165) is 52.3 Å². The summed E-state index contributed by atoms with van der Waals surface area (Å²) < 4.78 is 10.8. The predicted octanol–water partition coefficient (Wildman–Crippen LogP) is 2.87. The number of hydrogen-bond acceptors (Lipinski definition) is 6. The lowest BCUT2D eigenvalue weighted by Gasteiger charge is -2.35. The Labute approximate surface area is 210 Å². The highest BCUT2D eigenvalue weighted by atomic mass is 16.7. The Morgan fingerprint density at radius 2 is 1.75 bits per heavy atom. The molecule has 3 aliphatic rings. The topological polar surface area (TPSA) is 75.2 Å². The van der Waals surface area contributed by atoms with Crippen molar-refractivity contribution < 1.29 is 19.1 Å². The zero-order valence-corrected chi connectivity index (χ0v) is 20.5. The van der Waals surface area contributed by atoms with Gasteiger partial charge in [0, 0.05) is 68.8 Å². The number of likely N-dealkylation sites (N-methyl/N-ethyl adjacent to an activating group) is 1. The summed E-state index contributed by atoms with van der Waals surface area (Å²) in [6.45, 7) is 4.41. The number of para-hydroxylation sites is 1. The first kappa shape index (κ1) is 22.8. The first-order chi connectivity index (χ1) is 17.6. The predicted molar refractivity (Wildman–Crippen MR) is 135 cm³/mol. The smallest absolute Gasteiger partial charge is 0.255 e. The summed E-state index contributed by atoms with van der Waals surface area (Å²) in [6.07, 6.45) is 1.68. The Bertz CT molecular complexity index is 1330. The summed E-state index contributed by atoms with van der Waals surface area (Å²) in [7, 11) is 2.08. The quantitative estimate of drug-likeness (QED) is 0.565. The van der Waals surface area contributed by atoms with E-state index in [2.05, 4.69) is 11.9 Å². The lowest BCUT2D eigenvalue weighted by Crippen LogP contribution is -2.47. The summed E-state index contributed by atoms with van der Waals surface area (Å²) in [5, 5.41) is 0.870. The number of fused-ring (bicyclic) bond motifs is 3. The number of nitrogens with zero attached hydrogens (tertiary/aromatic N) is 4. The highest BCUT2D eigenvalue weighted by Gasteiger charge is 2.30. The second-order valence-corrected chi connectivity index (χ2v) is 9.78. The zero-order valence-electron chi connectivity index (χ0n) is 20.5. The van der Waals surface area contributed by atoms with Gasteiger partial charge in [0.05, 0.1) is 11.1 Å². The summed E-state index contributed by atoms with van der Waals surface area (Å²) in [5.41, 5.74) is 4.44. The van der Waals surface area contributed by atoms with Crippen molar-refractivity contribution in [3.05, 3.63) is 64.8 Å². The van der Waals surface area contributed by atoms with Gasteiger partial charge in [-0.05, 0) is 37.2 Å². The van der Waals surface area contributed by atoms with Gasteiger partial charge in [0.2, 0.25) is 12.7 Å². The van der Waals surface area contributed by atoms with Gasteiger partial charge >= 0.3 is 0 Å². The van der Waals surface area contributed by atoms with Crippen LogP contribution in [0.4, 0.5) is 0 Å². The van der Waals surface area contributed by atoms with Gasteiger partial charge in [0.15, 0.2) is 11.5 Å². The minimum atomic E-state index is 0.0487. The molecule has 0 aliphatic carbocycles. The van der Waals surface area contributed by atoms with Crippen LogP contribution >= 0.6 is 0 Å². The standard InChI is InChI=1S/C28H30N4O4/c1-30-12-14-31(15-13-30)28(34)27-20-4-2-3-5-22(20)29-23-10-11-32(17-21(23)27)26(33)9-7-19-6-8-24-25(16-19)36-18-35-24/h2-6,8,16H,7,9-15,17-18H2,1H3. The second-order valence-electron chi connectivity index (χ2n) is 9.78. The van der Waals surface area contributed by atoms with E-state index in [1.165, 1.54) is 0 Å². The van der Waals surface area contributed by atoms with Crippen molar-refractivity contribution in [3.63, 3.8) is 0 Å². The molecule has 8 nitrogen and oxygen atoms in total. The molecule has 1 saturated heterocycles. The van der Waals surface area contributed by atoms with E-state index < -0.39 is 0 Å². The van der Waals surface area contributed by atoms with Crippen LogP contribution in [0.3, 0.4) is 0 Å². The van der Waals surface area contributed by atoms with Gasteiger partial charge in [-0.2, -0.15) is 0 Å². The first-order valence-corrected chi connectivity index (χ1v) is 12.6. The van der Waals surface area contributed by atoms with Crippen LogP contribution in [0.5, 0.6) is 11.5 Å². The molecule has 2 amide bonds. The largest absolute Gasteiger partial charge is 0.454 e. The molecular weight excluding hydrogens is 456 g/mol. The number of amides is 2. The lowest BCUT2D eigenvalue weighted by molar-refractivity contribution is -0.132. The molecule has 0 radical (unpaired) electrons. The first-order valence-electron chi connectivity index (χ1n) is 12.6. The van der Waals surface area contributed by atoms with E-state index in [-0.39, 0.29) is 18.6 Å². The molecule has 0 saturated carbocycles. The van der Waals surface area contributed by atoms with Crippen molar-refractivity contribution in [3.8, 4) is 11.5 Å². The van der Waals surface area contributed by atoms with Gasteiger partial charge in [-0.3, -0.25) is 14.6 Å². The average Bonchev–Trinajstić information content (AvgIpc) is 3.38. The maximum absolute atomic E-state index is 13.8. The molecule has 36 heavy (non-hydrogen) atoms. The Kier molecular flexibility index (Phi) is 5.97. The molecule has 0 unspecified atom stereocenters. The number of pyridine rings is 1. The molecule has 0 bridgehead atoms. The van der Waals surface area contributed by atoms with Crippen LogP contribution in [-0.2, 0) is 24.2 Å². The van der Waals surface area contributed by atoms with Gasteiger partial charge in [-0.1, -0.05) is 24.3 Å². The number of aromatic nitrogens is 1. The van der Waals surface area contributed by atoms with Crippen molar-refractivity contribution in [1.82, 2.24) is 19.7 Å². The fourth-order valence-electron chi connectivity index (χ4n) is 5.32. The Morgan fingerprint density at radius 1 is 0.944 bits per heavy atom. The van der Waals surface area contributed by atoms with Crippen LogP contribution < -0.4 is 9.47 Å². The summed E-state index contributed by atoms with van der Waals surface area (Å²) in [6, 6.07) is 13.7. The van der Waals surface area contributed by atoms with E-state index in [9.17, 15) is 9.59 Å².